The smallest absolute Gasteiger partial charge is 0.366 e. The van der Waals surface area contributed by atoms with Crippen molar-refractivity contribution in [2.24, 2.45) is 5.73 Å². The number of para-hydroxylation sites is 1. The maximum absolute atomic E-state index is 12.5. The number of nitrogens with zero attached hydrogens (tertiary/aromatic N) is 1. The van der Waals surface area contributed by atoms with Gasteiger partial charge >= 0.3 is 6.18 Å². The molecule has 0 radical (unpaired) electrons. The second-order valence-electron chi connectivity index (χ2n) is 3.44. The van der Waals surface area contributed by atoms with Gasteiger partial charge in [0, 0.05) is 5.39 Å². The number of carbonyl (C=O) groups excluding carboxylic acids is 1. The van der Waals surface area contributed by atoms with E-state index in [-0.39, 0.29) is 11.1 Å². The Morgan fingerprint density at radius 1 is 1.18 bits per heavy atom. The molecule has 2 aromatic rings. The molecule has 0 saturated carbocycles. The lowest BCUT2D eigenvalue weighted by Gasteiger charge is -2.08. The second kappa shape index (κ2) is 3.73. The van der Waals surface area contributed by atoms with E-state index in [2.05, 4.69) is 4.98 Å². The summed E-state index contributed by atoms with van der Waals surface area (Å²) in [7, 11) is 0. The highest BCUT2D eigenvalue weighted by atomic mass is 19.4. The Bertz CT molecular complexity index is 593. The average molecular weight is 240 g/mol. The first-order valence-electron chi connectivity index (χ1n) is 4.66. The minimum atomic E-state index is -4.54. The molecule has 0 unspecified atom stereocenters. The fourth-order valence-corrected chi connectivity index (χ4v) is 1.50. The van der Waals surface area contributed by atoms with Gasteiger partial charge in [-0.15, -0.1) is 0 Å². The number of nitrogens with two attached hydrogens (primary N) is 1. The standard InChI is InChI=1S/C11H7F3N2O/c12-11(13,14)8-5-4-6-2-1-3-7(10(15)17)9(6)16-8/h1-5H,(H2,15,17). The summed E-state index contributed by atoms with van der Waals surface area (Å²) in [6, 6.07) is 6.58. The fourth-order valence-electron chi connectivity index (χ4n) is 1.50. The maximum atomic E-state index is 12.5. The Kier molecular flexibility index (Phi) is 2.49. The molecule has 17 heavy (non-hydrogen) atoms. The molecule has 88 valence electrons. The van der Waals surface area contributed by atoms with Gasteiger partial charge < -0.3 is 5.73 Å². The third-order valence-electron chi connectivity index (χ3n) is 2.28. The van der Waals surface area contributed by atoms with Crippen LogP contribution in [0.15, 0.2) is 30.3 Å². The van der Waals surface area contributed by atoms with Crippen molar-refractivity contribution in [3.8, 4) is 0 Å². The highest BCUT2D eigenvalue weighted by Gasteiger charge is 2.32. The predicted molar refractivity (Wildman–Crippen MR) is 55.3 cm³/mol. The zero-order valence-electron chi connectivity index (χ0n) is 8.45. The lowest BCUT2D eigenvalue weighted by molar-refractivity contribution is -0.140. The summed E-state index contributed by atoms with van der Waals surface area (Å²) in [4.78, 5) is 14.5. The zero-order valence-corrected chi connectivity index (χ0v) is 8.45. The number of fused-ring (bicyclic) bond motifs is 1. The third-order valence-corrected chi connectivity index (χ3v) is 2.28. The minimum Gasteiger partial charge on any atom is -0.366 e. The molecule has 0 saturated heterocycles. The van der Waals surface area contributed by atoms with Gasteiger partial charge in [0.25, 0.3) is 5.91 Å². The number of carbonyl (C=O) groups is 1. The second-order valence-corrected chi connectivity index (χ2v) is 3.44. The molecule has 0 spiro atoms. The monoisotopic (exact) mass is 240 g/mol. The van der Waals surface area contributed by atoms with Crippen LogP contribution in [0.3, 0.4) is 0 Å². The van der Waals surface area contributed by atoms with Crippen LogP contribution in [0, 0.1) is 0 Å². The molecule has 2 rings (SSSR count). The van der Waals surface area contributed by atoms with Crippen molar-refractivity contribution in [3.05, 3.63) is 41.6 Å². The lowest BCUT2D eigenvalue weighted by Crippen LogP contribution is -2.13. The molecule has 2 N–H and O–H groups in total. The normalized spacial score (nSPS) is 11.7. The molecular formula is C11H7F3N2O. The molecular weight excluding hydrogens is 233 g/mol. The molecule has 1 aromatic carbocycles. The average Bonchev–Trinajstić information content (AvgIpc) is 2.26. The highest BCUT2D eigenvalue weighted by Crippen LogP contribution is 2.29. The fraction of sp³-hybridized carbons (Fsp3) is 0.0909. The number of aromatic nitrogens is 1. The summed E-state index contributed by atoms with van der Waals surface area (Å²) >= 11 is 0. The van der Waals surface area contributed by atoms with E-state index in [9.17, 15) is 18.0 Å². The van der Waals surface area contributed by atoms with Gasteiger partial charge in [-0.2, -0.15) is 13.2 Å². The van der Waals surface area contributed by atoms with Gasteiger partial charge in [0.15, 0.2) is 0 Å². The Morgan fingerprint density at radius 3 is 2.47 bits per heavy atom. The summed E-state index contributed by atoms with van der Waals surface area (Å²) in [5, 5.41) is 0.439. The van der Waals surface area contributed by atoms with E-state index in [1.165, 1.54) is 18.2 Å². The van der Waals surface area contributed by atoms with E-state index in [0.29, 0.717) is 5.39 Å². The summed E-state index contributed by atoms with van der Waals surface area (Å²) in [5.74, 6) is -0.803. The largest absolute Gasteiger partial charge is 0.433 e. The van der Waals surface area contributed by atoms with Gasteiger partial charge in [-0.25, -0.2) is 4.98 Å². The minimum absolute atomic E-state index is 0.0198. The molecule has 6 heteroatoms. The van der Waals surface area contributed by atoms with E-state index < -0.39 is 17.8 Å². The van der Waals surface area contributed by atoms with Crippen molar-refractivity contribution >= 4 is 16.8 Å². The number of benzene rings is 1. The molecule has 1 amide bonds. The molecule has 0 aliphatic heterocycles. The van der Waals surface area contributed by atoms with Crippen LogP contribution in [0.5, 0.6) is 0 Å². The number of primary amides is 1. The lowest BCUT2D eigenvalue weighted by atomic mass is 10.1. The van der Waals surface area contributed by atoms with Gasteiger partial charge in [0.1, 0.15) is 5.69 Å². The summed E-state index contributed by atoms with van der Waals surface area (Å²) in [5.41, 5.74) is 3.98. The van der Waals surface area contributed by atoms with E-state index >= 15 is 0 Å². The first-order chi connectivity index (χ1) is 7.89. The number of amides is 1. The summed E-state index contributed by atoms with van der Waals surface area (Å²) in [6.07, 6.45) is -4.54. The molecule has 3 nitrogen and oxygen atoms in total. The van der Waals surface area contributed by atoms with E-state index in [0.717, 1.165) is 6.07 Å². The molecule has 0 bridgehead atoms. The van der Waals surface area contributed by atoms with E-state index in [4.69, 9.17) is 5.73 Å². The Morgan fingerprint density at radius 2 is 1.88 bits per heavy atom. The number of hydrogen-bond acceptors (Lipinski definition) is 2. The molecule has 0 fully saturated rings. The quantitative estimate of drug-likeness (QED) is 0.831. The van der Waals surface area contributed by atoms with Crippen LogP contribution in [-0.4, -0.2) is 10.9 Å². The van der Waals surface area contributed by atoms with Crippen molar-refractivity contribution in [3.63, 3.8) is 0 Å². The van der Waals surface area contributed by atoms with Crippen molar-refractivity contribution in [1.82, 2.24) is 4.98 Å². The predicted octanol–water partition coefficient (Wildman–Crippen LogP) is 2.35. The van der Waals surface area contributed by atoms with Gasteiger partial charge in [-0.1, -0.05) is 18.2 Å². The van der Waals surface area contributed by atoms with Crippen molar-refractivity contribution < 1.29 is 18.0 Å². The molecule has 1 aromatic heterocycles. The van der Waals surface area contributed by atoms with Gasteiger partial charge in [-0.05, 0) is 12.1 Å². The van der Waals surface area contributed by atoms with Crippen LogP contribution in [0.1, 0.15) is 16.1 Å². The van der Waals surface area contributed by atoms with Gasteiger partial charge in [-0.3, -0.25) is 4.79 Å². The van der Waals surface area contributed by atoms with Crippen LogP contribution in [0.4, 0.5) is 13.2 Å². The van der Waals surface area contributed by atoms with Crippen LogP contribution in [0.25, 0.3) is 10.9 Å². The first kappa shape index (κ1) is 11.4. The topological polar surface area (TPSA) is 56.0 Å². The summed E-state index contributed by atoms with van der Waals surface area (Å²) in [6.45, 7) is 0. The number of rotatable bonds is 1. The van der Waals surface area contributed by atoms with Crippen LogP contribution >= 0.6 is 0 Å². The molecule has 0 aliphatic rings. The SMILES string of the molecule is NC(=O)c1cccc2ccc(C(F)(F)F)nc12. The Labute approximate surface area is 94.1 Å². The van der Waals surface area contributed by atoms with Crippen molar-refractivity contribution in [2.75, 3.05) is 0 Å². The van der Waals surface area contributed by atoms with Gasteiger partial charge in [0.05, 0.1) is 11.1 Å². The van der Waals surface area contributed by atoms with Crippen LogP contribution in [-0.2, 0) is 6.18 Å². The van der Waals surface area contributed by atoms with E-state index in [1.807, 2.05) is 0 Å². The highest BCUT2D eigenvalue weighted by molar-refractivity contribution is 6.04. The van der Waals surface area contributed by atoms with Crippen molar-refractivity contribution in [1.29, 1.82) is 0 Å². The summed E-state index contributed by atoms with van der Waals surface area (Å²) < 4.78 is 37.4. The van der Waals surface area contributed by atoms with Gasteiger partial charge in [0.2, 0.25) is 0 Å². The van der Waals surface area contributed by atoms with Crippen molar-refractivity contribution in [2.45, 2.75) is 6.18 Å². The Hall–Kier alpha value is -2.11. The number of alkyl halides is 3. The number of pyridine rings is 1. The number of hydrogen-bond donors (Lipinski definition) is 1. The number of halogens is 3. The zero-order chi connectivity index (χ0) is 12.6. The van der Waals surface area contributed by atoms with Crippen LogP contribution in [0.2, 0.25) is 0 Å². The molecule has 0 aliphatic carbocycles. The molecule has 1 heterocycles. The van der Waals surface area contributed by atoms with E-state index in [1.54, 1.807) is 6.07 Å². The maximum Gasteiger partial charge on any atom is 0.433 e. The molecule has 0 atom stereocenters. The third kappa shape index (κ3) is 2.06. The van der Waals surface area contributed by atoms with Crippen LogP contribution < -0.4 is 5.73 Å². The first-order valence-corrected chi connectivity index (χ1v) is 4.66. The Balaban J connectivity index is 2.75.